The SMILES string of the molecule is CN(C(=O)c1cccc(F)c1)c1ccccc1C(N)=S. The number of rotatable bonds is 3. The summed E-state index contributed by atoms with van der Waals surface area (Å²) >= 11 is 4.97. The van der Waals surface area contributed by atoms with E-state index in [-0.39, 0.29) is 16.5 Å². The van der Waals surface area contributed by atoms with Crippen LogP contribution in [0.3, 0.4) is 0 Å². The smallest absolute Gasteiger partial charge is 0.258 e. The fraction of sp³-hybridized carbons (Fsp3) is 0.0667. The summed E-state index contributed by atoms with van der Waals surface area (Å²) in [5.74, 6) is -0.778. The van der Waals surface area contributed by atoms with E-state index in [1.165, 1.54) is 23.1 Å². The number of nitrogens with two attached hydrogens (primary N) is 1. The van der Waals surface area contributed by atoms with Gasteiger partial charge in [-0.3, -0.25) is 4.79 Å². The van der Waals surface area contributed by atoms with Crippen LogP contribution in [-0.4, -0.2) is 17.9 Å². The summed E-state index contributed by atoms with van der Waals surface area (Å²) in [6.07, 6.45) is 0. The number of halogens is 1. The molecular weight excluding hydrogens is 275 g/mol. The fourth-order valence-corrected chi connectivity index (χ4v) is 2.07. The Morgan fingerprint density at radius 2 is 1.90 bits per heavy atom. The summed E-state index contributed by atoms with van der Waals surface area (Å²) in [6.45, 7) is 0. The van der Waals surface area contributed by atoms with Crippen LogP contribution in [0.15, 0.2) is 48.5 Å². The quantitative estimate of drug-likeness (QED) is 0.883. The van der Waals surface area contributed by atoms with Gasteiger partial charge < -0.3 is 10.6 Å². The number of hydrogen-bond donors (Lipinski definition) is 1. The van der Waals surface area contributed by atoms with Crippen molar-refractivity contribution in [1.82, 2.24) is 0 Å². The third-order valence-corrected chi connectivity index (χ3v) is 3.13. The van der Waals surface area contributed by atoms with Crippen LogP contribution in [0.4, 0.5) is 10.1 Å². The largest absolute Gasteiger partial charge is 0.389 e. The van der Waals surface area contributed by atoms with Crippen LogP contribution in [0.25, 0.3) is 0 Å². The van der Waals surface area contributed by atoms with Gasteiger partial charge in [0.05, 0.1) is 5.69 Å². The average molecular weight is 288 g/mol. The van der Waals surface area contributed by atoms with Gasteiger partial charge in [0.15, 0.2) is 0 Å². The van der Waals surface area contributed by atoms with Crippen molar-refractivity contribution in [3.63, 3.8) is 0 Å². The van der Waals surface area contributed by atoms with Crippen molar-refractivity contribution in [2.24, 2.45) is 5.73 Å². The summed E-state index contributed by atoms with van der Waals surface area (Å²) < 4.78 is 13.2. The first-order valence-corrected chi connectivity index (χ1v) is 6.34. The van der Waals surface area contributed by atoms with Gasteiger partial charge in [-0.05, 0) is 30.3 Å². The van der Waals surface area contributed by atoms with Crippen molar-refractivity contribution < 1.29 is 9.18 Å². The molecule has 2 N–H and O–H groups in total. The molecule has 2 aromatic carbocycles. The zero-order chi connectivity index (χ0) is 14.7. The van der Waals surface area contributed by atoms with E-state index in [9.17, 15) is 9.18 Å². The zero-order valence-electron chi connectivity index (χ0n) is 10.8. The van der Waals surface area contributed by atoms with Gasteiger partial charge in [-0.25, -0.2) is 4.39 Å². The van der Waals surface area contributed by atoms with E-state index in [4.69, 9.17) is 18.0 Å². The van der Waals surface area contributed by atoms with E-state index in [0.29, 0.717) is 11.3 Å². The molecule has 0 aliphatic rings. The zero-order valence-corrected chi connectivity index (χ0v) is 11.7. The number of para-hydroxylation sites is 1. The number of carbonyl (C=O) groups is 1. The van der Waals surface area contributed by atoms with E-state index in [0.717, 1.165) is 0 Å². The van der Waals surface area contributed by atoms with Gasteiger partial charge in [-0.2, -0.15) is 0 Å². The topological polar surface area (TPSA) is 46.3 Å². The lowest BCUT2D eigenvalue weighted by atomic mass is 10.1. The molecule has 0 aliphatic heterocycles. The minimum atomic E-state index is -0.452. The number of benzene rings is 2. The summed E-state index contributed by atoms with van der Waals surface area (Å²) in [6, 6.07) is 12.6. The average Bonchev–Trinajstić information content (AvgIpc) is 2.45. The molecule has 2 rings (SSSR count). The standard InChI is InChI=1S/C15H13FN2OS/c1-18(13-8-3-2-7-12(13)14(17)20)15(19)10-5-4-6-11(16)9-10/h2-9H,1H3,(H2,17,20). The molecule has 0 fully saturated rings. The monoisotopic (exact) mass is 288 g/mol. The highest BCUT2D eigenvalue weighted by Crippen LogP contribution is 2.21. The second-order valence-electron chi connectivity index (χ2n) is 4.26. The first-order chi connectivity index (χ1) is 9.50. The molecule has 0 radical (unpaired) electrons. The van der Waals surface area contributed by atoms with Crippen LogP contribution in [0, 0.1) is 5.82 Å². The van der Waals surface area contributed by atoms with Crippen molar-refractivity contribution in [3.8, 4) is 0 Å². The Kier molecular flexibility index (Phi) is 4.10. The molecule has 0 atom stereocenters. The van der Waals surface area contributed by atoms with Gasteiger partial charge in [0.1, 0.15) is 10.8 Å². The number of thiocarbonyl (C=S) groups is 1. The fourth-order valence-electron chi connectivity index (χ4n) is 1.90. The van der Waals surface area contributed by atoms with Gasteiger partial charge in [0.2, 0.25) is 0 Å². The Morgan fingerprint density at radius 3 is 2.55 bits per heavy atom. The second-order valence-corrected chi connectivity index (χ2v) is 4.70. The van der Waals surface area contributed by atoms with E-state index in [1.54, 1.807) is 37.4 Å². The maximum Gasteiger partial charge on any atom is 0.258 e. The van der Waals surface area contributed by atoms with Crippen molar-refractivity contribution in [3.05, 3.63) is 65.5 Å². The van der Waals surface area contributed by atoms with E-state index >= 15 is 0 Å². The molecule has 0 saturated heterocycles. The van der Waals surface area contributed by atoms with E-state index < -0.39 is 5.82 Å². The highest BCUT2D eigenvalue weighted by molar-refractivity contribution is 7.80. The molecule has 3 nitrogen and oxygen atoms in total. The van der Waals surface area contributed by atoms with Crippen molar-refractivity contribution >= 4 is 28.8 Å². The maximum atomic E-state index is 13.2. The highest BCUT2D eigenvalue weighted by Gasteiger charge is 2.17. The predicted molar refractivity (Wildman–Crippen MR) is 81.5 cm³/mol. The van der Waals surface area contributed by atoms with E-state index in [1.807, 2.05) is 0 Å². The summed E-state index contributed by atoms with van der Waals surface area (Å²) in [7, 11) is 1.60. The van der Waals surface area contributed by atoms with Crippen LogP contribution in [0.5, 0.6) is 0 Å². The molecule has 0 saturated carbocycles. The highest BCUT2D eigenvalue weighted by atomic mass is 32.1. The van der Waals surface area contributed by atoms with Gasteiger partial charge in [0, 0.05) is 18.2 Å². The molecule has 1 amide bonds. The summed E-state index contributed by atoms with van der Waals surface area (Å²) in [4.78, 5) is 14.0. The lowest BCUT2D eigenvalue weighted by Crippen LogP contribution is -2.28. The van der Waals surface area contributed by atoms with Crippen LogP contribution in [0.1, 0.15) is 15.9 Å². The van der Waals surface area contributed by atoms with Crippen molar-refractivity contribution in [2.45, 2.75) is 0 Å². The molecule has 20 heavy (non-hydrogen) atoms. The summed E-state index contributed by atoms with van der Waals surface area (Å²) in [5, 5.41) is 0. The molecule has 0 aromatic heterocycles. The molecular formula is C15H13FN2OS. The minimum Gasteiger partial charge on any atom is -0.389 e. The van der Waals surface area contributed by atoms with Crippen molar-refractivity contribution in [2.75, 3.05) is 11.9 Å². The minimum absolute atomic E-state index is 0.208. The third kappa shape index (κ3) is 2.83. The Morgan fingerprint density at radius 1 is 1.20 bits per heavy atom. The molecule has 5 heteroatoms. The number of hydrogen-bond acceptors (Lipinski definition) is 2. The molecule has 102 valence electrons. The number of carbonyl (C=O) groups excluding carboxylic acids is 1. The normalized spacial score (nSPS) is 10.1. The molecule has 0 unspecified atom stereocenters. The van der Waals surface area contributed by atoms with Gasteiger partial charge >= 0.3 is 0 Å². The Hall–Kier alpha value is -2.27. The lowest BCUT2D eigenvalue weighted by Gasteiger charge is -2.20. The van der Waals surface area contributed by atoms with Gasteiger partial charge in [-0.15, -0.1) is 0 Å². The lowest BCUT2D eigenvalue weighted by molar-refractivity contribution is 0.0992. The number of nitrogens with zero attached hydrogens (tertiary/aromatic N) is 1. The van der Waals surface area contributed by atoms with Crippen LogP contribution >= 0.6 is 12.2 Å². The maximum absolute atomic E-state index is 13.2. The first kappa shape index (κ1) is 14.1. The number of amides is 1. The van der Waals surface area contributed by atoms with E-state index in [2.05, 4.69) is 0 Å². The Labute approximate surface area is 121 Å². The predicted octanol–water partition coefficient (Wildman–Crippen LogP) is 2.74. The van der Waals surface area contributed by atoms with Gasteiger partial charge in [0.25, 0.3) is 5.91 Å². The number of anilines is 1. The second kappa shape index (κ2) is 5.79. The Balaban J connectivity index is 2.39. The van der Waals surface area contributed by atoms with Crippen LogP contribution in [-0.2, 0) is 0 Å². The molecule has 0 aliphatic carbocycles. The molecule has 0 bridgehead atoms. The third-order valence-electron chi connectivity index (χ3n) is 2.91. The van der Waals surface area contributed by atoms with Crippen LogP contribution in [0.2, 0.25) is 0 Å². The first-order valence-electron chi connectivity index (χ1n) is 5.93. The Bertz CT molecular complexity index is 672. The molecule has 2 aromatic rings. The van der Waals surface area contributed by atoms with Crippen LogP contribution < -0.4 is 10.6 Å². The van der Waals surface area contributed by atoms with Gasteiger partial charge in [-0.1, -0.05) is 30.4 Å². The summed E-state index contributed by atoms with van der Waals surface area (Å²) in [5.41, 5.74) is 7.12. The molecule has 0 spiro atoms. The molecule has 0 heterocycles. The van der Waals surface area contributed by atoms with Crippen molar-refractivity contribution in [1.29, 1.82) is 0 Å².